The number of benzene rings is 2. The summed E-state index contributed by atoms with van der Waals surface area (Å²) < 4.78 is 52.1. The summed E-state index contributed by atoms with van der Waals surface area (Å²) in [7, 11) is 0. The molecule has 2 heterocycles. The number of ether oxygens (including phenoxy) is 3. The Kier molecular flexibility index (Phi) is 9.86. The minimum absolute atomic E-state index is 0. The number of alkyl halides is 3. The Bertz CT molecular complexity index is 1210. The van der Waals surface area contributed by atoms with Gasteiger partial charge in [-0.1, -0.05) is 30.3 Å². The summed E-state index contributed by atoms with van der Waals surface area (Å²) in [5.41, 5.74) is 2.56. The molecule has 7 nitrogen and oxygen atoms in total. The fourth-order valence-electron chi connectivity index (χ4n) is 2.98. The van der Waals surface area contributed by atoms with Crippen molar-refractivity contribution in [1.82, 2.24) is 14.9 Å². The third-order valence-electron chi connectivity index (χ3n) is 4.63. The first kappa shape index (κ1) is 27.2. The number of hydrogen-bond donors (Lipinski definition) is 0. The molecule has 0 amide bonds. The van der Waals surface area contributed by atoms with E-state index >= 15 is 0 Å². The molecule has 0 bridgehead atoms. The third kappa shape index (κ3) is 8.99. The molecule has 36 heavy (non-hydrogen) atoms. The highest BCUT2D eigenvalue weighted by atomic mass is 35.5. The van der Waals surface area contributed by atoms with Crippen molar-refractivity contribution in [3.05, 3.63) is 88.1 Å². The van der Waals surface area contributed by atoms with E-state index in [2.05, 4.69) is 19.9 Å². The summed E-state index contributed by atoms with van der Waals surface area (Å²) in [6.45, 7) is 2.03. The van der Waals surface area contributed by atoms with Crippen molar-refractivity contribution in [3.8, 4) is 11.5 Å². The van der Waals surface area contributed by atoms with Gasteiger partial charge in [0.1, 0.15) is 29.7 Å². The van der Waals surface area contributed by atoms with Crippen LogP contribution in [-0.2, 0) is 24.5 Å². The largest absolute Gasteiger partial charge is 1.00 e. The molecule has 4 rings (SSSR count). The molecule has 0 aliphatic heterocycles. The summed E-state index contributed by atoms with van der Waals surface area (Å²) in [6.07, 6.45) is 2.31. The van der Waals surface area contributed by atoms with Crippen molar-refractivity contribution in [2.45, 2.75) is 26.1 Å². The lowest BCUT2D eigenvalue weighted by atomic mass is 10.2. The first-order chi connectivity index (χ1) is 16.9. The van der Waals surface area contributed by atoms with Crippen LogP contribution in [-0.4, -0.2) is 27.8 Å². The highest BCUT2D eigenvalue weighted by molar-refractivity contribution is 7.10. The monoisotopic (exact) mass is 538 g/mol. The average Bonchev–Trinajstić information content (AvgIpc) is 3.52. The Morgan fingerprint density at radius 3 is 2.42 bits per heavy atom. The van der Waals surface area contributed by atoms with Crippen LogP contribution < -0.4 is 27.0 Å². The van der Waals surface area contributed by atoms with Crippen molar-refractivity contribution in [2.24, 2.45) is 0 Å². The summed E-state index contributed by atoms with van der Waals surface area (Å²) >= 11 is 1.45. The average molecular weight is 539 g/mol. The van der Waals surface area contributed by atoms with Crippen LogP contribution >= 0.6 is 11.3 Å². The van der Waals surface area contributed by atoms with Crippen LogP contribution in [0.3, 0.4) is 0 Å². The maximum absolute atomic E-state index is 12.2. The van der Waals surface area contributed by atoms with Gasteiger partial charge in [0.05, 0.1) is 18.9 Å². The van der Waals surface area contributed by atoms with Gasteiger partial charge in [0.2, 0.25) is 6.20 Å². The van der Waals surface area contributed by atoms with Crippen LogP contribution in [0.15, 0.2) is 66.3 Å². The van der Waals surface area contributed by atoms with Crippen LogP contribution in [0.1, 0.15) is 21.8 Å². The minimum Gasteiger partial charge on any atom is -1.00 e. The number of nitrogens with one attached hydrogen (secondary N) is 1. The van der Waals surface area contributed by atoms with Crippen molar-refractivity contribution in [1.29, 1.82) is 0 Å². The molecule has 0 radical (unpaired) electrons. The number of H-pyrrole nitrogens is 1. The maximum atomic E-state index is 12.2. The van der Waals surface area contributed by atoms with E-state index in [4.69, 9.17) is 9.47 Å². The molecule has 2 aromatic heterocycles. The molecule has 0 saturated heterocycles. The Labute approximate surface area is 215 Å². The van der Waals surface area contributed by atoms with Crippen molar-refractivity contribution in [2.75, 3.05) is 6.61 Å². The predicted octanol–water partition coefficient (Wildman–Crippen LogP) is 2.02. The molecule has 1 N–H and O–H groups in total. The summed E-state index contributed by atoms with van der Waals surface area (Å²) in [4.78, 5) is 6.20. The molecular weight excluding hydrogens is 517 g/mol. The molecule has 0 aliphatic carbocycles. The number of thiazole rings is 1. The second-order valence-corrected chi connectivity index (χ2v) is 8.19. The molecular formula is C24H22ClF3N4O3S. The smallest absolute Gasteiger partial charge is 0.573 e. The molecule has 0 atom stereocenters. The Morgan fingerprint density at radius 2 is 1.72 bits per heavy atom. The molecule has 4 aromatic rings. The Balaban J connectivity index is 0.00000361. The topological polar surface area (TPSA) is 72.5 Å². The summed E-state index contributed by atoms with van der Waals surface area (Å²) in [5, 5.41) is 9.70. The number of halogens is 4. The van der Waals surface area contributed by atoms with E-state index < -0.39 is 6.36 Å². The van der Waals surface area contributed by atoms with Gasteiger partial charge < -0.3 is 26.6 Å². The summed E-state index contributed by atoms with van der Waals surface area (Å²) in [5.74, 6) is 0.471. The zero-order chi connectivity index (χ0) is 24.5. The van der Waals surface area contributed by atoms with Crippen molar-refractivity contribution >= 4 is 23.5 Å². The number of hydrogen-bond acceptors (Lipinski definition) is 6. The van der Waals surface area contributed by atoms with Crippen LogP contribution in [0.4, 0.5) is 13.2 Å². The lowest BCUT2D eigenvalue weighted by molar-refractivity contribution is -0.497. The number of nitrogens with zero attached hydrogens (tertiary/aromatic N) is 3. The van der Waals surface area contributed by atoms with Gasteiger partial charge in [-0.2, -0.15) is 5.10 Å². The van der Waals surface area contributed by atoms with Crippen LogP contribution in [0.5, 0.6) is 11.5 Å². The minimum atomic E-state index is -4.70. The first-order valence-electron chi connectivity index (χ1n) is 10.6. The molecule has 0 spiro atoms. The lowest BCUT2D eigenvalue weighted by Gasteiger charge is -2.08. The lowest BCUT2D eigenvalue weighted by Crippen LogP contribution is -3.00. The molecule has 190 valence electrons. The maximum Gasteiger partial charge on any atom is 0.573 e. The number of aromatic amines is 1. The molecule has 0 aliphatic rings. The second-order valence-electron chi connectivity index (χ2n) is 7.30. The zero-order valence-electron chi connectivity index (χ0n) is 18.8. The van der Waals surface area contributed by atoms with Gasteiger partial charge in [-0.25, -0.2) is 4.98 Å². The van der Waals surface area contributed by atoms with Crippen LogP contribution in [0.2, 0.25) is 0 Å². The fourth-order valence-corrected chi connectivity index (χ4v) is 3.68. The van der Waals surface area contributed by atoms with Gasteiger partial charge in [0.15, 0.2) is 6.20 Å². The van der Waals surface area contributed by atoms with Gasteiger partial charge in [-0.05, 0) is 46.3 Å². The molecule has 0 saturated carbocycles. The normalized spacial score (nSPS) is 11.4. The Hall–Kier alpha value is -3.41. The van der Waals surface area contributed by atoms with E-state index in [-0.39, 0.29) is 18.2 Å². The molecule has 0 unspecified atom stereocenters. The van der Waals surface area contributed by atoms with Crippen LogP contribution in [0.25, 0.3) is 12.2 Å². The van der Waals surface area contributed by atoms with E-state index in [0.717, 1.165) is 27.6 Å². The van der Waals surface area contributed by atoms with Gasteiger partial charge in [-0.3, -0.25) is 0 Å². The van der Waals surface area contributed by atoms with Crippen LogP contribution in [0, 0.1) is 0 Å². The highest BCUT2D eigenvalue weighted by Gasteiger charge is 2.30. The number of rotatable bonds is 11. The fraction of sp³-hybridized carbons (Fsp3) is 0.208. The van der Waals surface area contributed by atoms with Crippen molar-refractivity contribution < 1.29 is 44.9 Å². The SMILES string of the molecule is FC(F)(F)Oc1ccc(/C=C/c2nc(COc3ccc(COCCn4ncc[nH+]4)cc3)cs2)cc1.[Cl-]. The quantitative estimate of drug-likeness (QED) is 0.273. The Morgan fingerprint density at radius 1 is 0.972 bits per heavy atom. The zero-order valence-corrected chi connectivity index (χ0v) is 20.4. The van der Waals surface area contributed by atoms with E-state index in [9.17, 15) is 13.2 Å². The van der Waals surface area contributed by atoms with E-state index in [1.54, 1.807) is 41.5 Å². The molecule has 12 heteroatoms. The standard InChI is InChI=1S/C24H21F3N4O3S.ClH/c25-24(26,27)34-22-8-1-18(2-9-22)5-10-23-30-20(17-35-23)16-33-21-6-3-19(4-7-21)15-32-14-13-31-28-11-12-29-31;/h1-12,17H,13-16H2;1H/b10-5+;. The van der Waals surface area contributed by atoms with Gasteiger partial charge >= 0.3 is 6.36 Å². The highest BCUT2D eigenvalue weighted by Crippen LogP contribution is 2.23. The summed E-state index contributed by atoms with van der Waals surface area (Å²) in [6, 6.07) is 13.3. The molecule has 2 aromatic carbocycles. The van der Waals surface area contributed by atoms with Gasteiger partial charge in [0.25, 0.3) is 0 Å². The second kappa shape index (κ2) is 13.1. The third-order valence-corrected chi connectivity index (χ3v) is 5.49. The van der Waals surface area contributed by atoms with Gasteiger partial charge in [0, 0.05) is 10.5 Å². The van der Waals surface area contributed by atoms with E-state index in [0.29, 0.717) is 26.4 Å². The van der Waals surface area contributed by atoms with Gasteiger partial charge in [-0.15, -0.1) is 24.5 Å². The molecule has 0 fully saturated rings. The number of aromatic nitrogens is 4. The van der Waals surface area contributed by atoms with E-state index in [1.807, 2.05) is 29.6 Å². The van der Waals surface area contributed by atoms with Crippen molar-refractivity contribution in [3.63, 3.8) is 0 Å². The predicted molar refractivity (Wildman–Crippen MR) is 123 cm³/mol. The van der Waals surface area contributed by atoms with E-state index in [1.165, 1.54) is 23.5 Å². The first-order valence-corrected chi connectivity index (χ1v) is 11.5.